The predicted molar refractivity (Wildman–Crippen MR) is 76.8 cm³/mol. The highest BCUT2D eigenvalue weighted by atomic mass is 15.1. The largest absolute Gasteiger partial charge is 0.381 e. The van der Waals surface area contributed by atoms with Gasteiger partial charge in [-0.2, -0.15) is 0 Å². The van der Waals surface area contributed by atoms with Crippen LogP contribution in [0.1, 0.15) is 19.7 Å². The van der Waals surface area contributed by atoms with Crippen LogP contribution in [-0.2, 0) is 7.05 Å². The van der Waals surface area contributed by atoms with Gasteiger partial charge in [0.15, 0.2) is 0 Å². The molecule has 98 valence electrons. The summed E-state index contributed by atoms with van der Waals surface area (Å²) in [5.41, 5.74) is 9.05. The minimum Gasteiger partial charge on any atom is -0.381 e. The Morgan fingerprint density at radius 1 is 1.39 bits per heavy atom. The number of hydrogen-bond donors (Lipinski definition) is 2. The van der Waals surface area contributed by atoms with Gasteiger partial charge in [-0.25, -0.2) is 4.98 Å². The van der Waals surface area contributed by atoms with Gasteiger partial charge in [0, 0.05) is 25.3 Å². The number of nitrogens with zero attached hydrogens (tertiary/aromatic N) is 2. The topological polar surface area (TPSA) is 55.9 Å². The van der Waals surface area contributed by atoms with E-state index in [4.69, 9.17) is 5.73 Å². The average molecular weight is 246 g/mol. The van der Waals surface area contributed by atoms with E-state index >= 15 is 0 Å². The SMILES string of the molecule is Cc1nc2cc(NC(CN)C(C)C)ccc2n1C. The molecule has 1 heterocycles. The van der Waals surface area contributed by atoms with Gasteiger partial charge in [-0.3, -0.25) is 0 Å². The molecule has 1 aromatic carbocycles. The van der Waals surface area contributed by atoms with E-state index in [-0.39, 0.29) is 0 Å². The lowest BCUT2D eigenvalue weighted by Gasteiger charge is -2.21. The molecule has 1 aromatic heterocycles. The third-order valence-electron chi connectivity index (χ3n) is 3.52. The fourth-order valence-corrected chi connectivity index (χ4v) is 2.12. The van der Waals surface area contributed by atoms with Crippen molar-refractivity contribution in [2.45, 2.75) is 26.8 Å². The second kappa shape index (κ2) is 4.98. The van der Waals surface area contributed by atoms with Crippen molar-refractivity contribution in [3.05, 3.63) is 24.0 Å². The van der Waals surface area contributed by atoms with Gasteiger partial charge in [0.05, 0.1) is 11.0 Å². The van der Waals surface area contributed by atoms with Gasteiger partial charge in [-0.1, -0.05) is 13.8 Å². The minimum atomic E-state index is 0.298. The molecule has 0 amide bonds. The molecule has 0 aliphatic rings. The smallest absolute Gasteiger partial charge is 0.106 e. The van der Waals surface area contributed by atoms with Crippen LogP contribution in [-0.4, -0.2) is 22.1 Å². The molecule has 1 unspecified atom stereocenters. The first-order valence-corrected chi connectivity index (χ1v) is 6.42. The van der Waals surface area contributed by atoms with E-state index < -0.39 is 0 Å². The van der Waals surface area contributed by atoms with Crippen molar-refractivity contribution < 1.29 is 0 Å². The summed E-state index contributed by atoms with van der Waals surface area (Å²) in [6.45, 7) is 7.00. The van der Waals surface area contributed by atoms with E-state index in [0.29, 0.717) is 18.5 Å². The van der Waals surface area contributed by atoms with Crippen LogP contribution in [0.2, 0.25) is 0 Å². The lowest BCUT2D eigenvalue weighted by molar-refractivity contribution is 0.531. The van der Waals surface area contributed by atoms with Crippen molar-refractivity contribution in [3.63, 3.8) is 0 Å². The van der Waals surface area contributed by atoms with Crippen molar-refractivity contribution in [1.29, 1.82) is 0 Å². The maximum Gasteiger partial charge on any atom is 0.106 e. The lowest BCUT2D eigenvalue weighted by atomic mass is 10.0. The molecule has 0 saturated carbocycles. The third kappa shape index (κ3) is 2.34. The molecule has 18 heavy (non-hydrogen) atoms. The Balaban J connectivity index is 2.30. The van der Waals surface area contributed by atoms with Crippen LogP contribution in [0, 0.1) is 12.8 Å². The zero-order chi connectivity index (χ0) is 13.3. The Labute approximate surface area is 108 Å². The number of anilines is 1. The fraction of sp³-hybridized carbons (Fsp3) is 0.500. The number of aryl methyl sites for hydroxylation is 2. The van der Waals surface area contributed by atoms with E-state index in [1.165, 1.54) is 0 Å². The minimum absolute atomic E-state index is 0.298. The van der Waals surface area contributed by atoms with E-state index in [0.717, 1.165) is 22.5 Å². The molecular formula is C14H22N4. The molecule has 0 aliphatic carbocycles. The molecule has 0 spiro atoms. The monoisotopic (exact) mass is 246 g/mol. The second-order valence-electron chi connectivity index (χ2n) is 5.15. The molecule has 2 aromatic rings. The summed E-state index contributed by atoms with van der Waals surface area (Å²) in [6.07, 6.45) is 0. The van der Waals surface area contributed by atoms with Crippen molar-refractivity contribution in [2.75, 3.05) is 11.9 Å². The van der Waals surface area contributed by atoms with Gasteiger partial charge in [-0.05, 0) is 31.0 Å². The number of rotatable bonds is 4. The number of imidazole rings is 1. The quantitative estimate of drug-likeness (QED) is 0.870. The zero-order valence-corrected chi connectivity index (χ0v) is 11.6. The Morgan fingerprint density at radius 2 is 2.11 bits per heavy atom. The summed E-state index contributed by atoms with van der Waals surface area (Å²) >= 11 is 0. The molecule has 0 bridgehead atoms. The number of fused-ring (bicyclic) bond motifs is 1. The standard InChI is InChI=1S/C14H22N4/c1-9(2)13(8-15)17-11-5-6-14-12(7-11)16-10(3)18(14)4/h5-7,9,13,17H,8,15H2,1-4H3. The first kappa shape index (κ1) is 12.9. The summed E-state index contributed by atoms with van der Waals surface area (Å²) in [6, 6.07) is 6.58. The second-order valence-corrected chi connectivity index (χ2v) is 5.15. The summed E-state index contributed by atoms with van der Waals surface area (Å²) < 4.78 is 2.10. The van der Waals surface area contributed by atoms with Crippen molar-refractivity contribution in [2.24, 2.45) is 18.7 Å². The normalized spacial score (nSPS) is 13.2. The molecule has 4 nitrogen and oxygen atoms in total. The molecular weight excluding hydrogens is 224 g/mol. The predicted octanol–water partition coefficient (Wildman–Crippen LogP) is 2.28. The summed E-state index contributed by atoms with van der Waals surface area (Å²) in [5, 5.41) is 3.47. The third-order valence-corrected chi connectivity index (χ3v) is 3.52. The van der Waals surface area contributed by atoms with Crippen LogP contribution < -0.4 is 11.1 Å². The van der Waals surface area contributed by atoms with Crippen LogP contribution in [0.15, 0.2) is 18.2 Å². The van der Waals surface area contributed by atoms with Crippen molar-refractivity contribution in [3.8, 4) is 0 Å². The van der Waals surface area contributed by atoms with Gasteiger partial charge >= 0.3 is 0 Å². The molecule has 1 atom stereocenters. The number of aromatic nitrogens is 2. The molecule has 4 heteroatoms. The Kier molecular flexibility index (Phi) is 3.57. The number of nitrogens with two attached hydrogens (primary N) is 1. The number of benzene rings is 1. The van der Waals surface area contributed by atoms with Gasteiger partial charge in [0.1, 0.15) is 5.82 Å². The summed E-state index contributed by atoms with van der Waals surface area (Å²) in [7, 11) is 2.04. The van der Waals surface area contributed by atoms with Crippen molar-refractivity contribution in [1.82, 2.24) is 9.55 Å². The molecule has 3 N–H and O–H groups in total. The Morgan fingerprint density at radius 3 is 2.72 bits per heavy atom. The molecule has 2 rings (SSSR count). The molecule has 0 radical (unpaired) electrons. The first-order valence-electron chi connectivity index (χ1n) is 6.42. The van der Waals surface area contributed by atoms with E-state index in [1.54, 1.807) is 0 Å². The van der Waals surface area contributed by atoms with Crippen LogP contribution in [0.5, 0.6) is 0 Å². The number of hydrogen-bond acceptors (Lipinski definition) is 3. The van der Waals surface area contributed by atoms with Crippen LogP contribution in [0.4, 0.5) is 5.69 Å². The highest BCUT2D eigenvalue weighted by Crippen LogP contribution is 2.20. The summed E-state index contributed by atoms with van der Waals surface area (Å²) in [5.74, 6) is 1.54. The fourth-order valence-electron chi connectivity index (χ4n) is 2.12. The molecule has 0 fully saturated rings. The molecule has 0 saturated heterocycles. The van der Waals surface area contributed by atoms with Crippen LogP contribution in [0.3, 0.4) is 0 Å². The maximum absolute atomic E-state index is 5.78. The number of nitrogens with one attached hydrogen (secondary N) is 1. The highest BCUT2D eigenvalue weighted by molar-refractivity contribution is 5.80. The average Bonchev–Trinajstić information content (AvgIpc) is 2.61. The highest BCUT2D eigenvalue weighted by Gasteiger charge is 2.12. The lowest BCUT2D eigenvalue weighted by Crippen LogP contribution is -2.33. The van der Waals surface area contributed by atoms with Crippen LogP contribution >= 0.6 is 0 Å². The van der Waals surface area contributed by atoms with E-state index in [2.05, 4.69) is 46.9 Å². The maximum atomic E-state index is 5.78. The first-order chi connectivity index (χ1) is 8.52. The molecule has 0 aliphatic heterocycles. The van der Waals surface area contributed by atoms with Gasteiger partial charge in [0.25, 0.3) is 0 Å². The van der Waals surface area contributed by atoms with Crippen LogP contribution in [0.25, 0.3) is 11.0 Å². The van der Waals surface area contributed by atoms with E-state index in [1.807, 2.05) is 14.0 Å². The Bertz CT molecular complexity index is 542. The van der Waals surface area contributed by atoms with Gasteiger partial charge < -0.3 is 15.6 Å². The van der Waals surface area contributed by atoms with Crippen molar-refractivity contribution >= 4 is 16.7 Å². The van der Waals surface area contributed by atoms with Gasteiger partial charge in [0.2, 0.25) is 0 Å². The Hall–Kier alpha value is -1.55. The zero-order valence-electron chi connectivity index (χ0n) is 11.6. The van der Waals surface area contributed by atoms with Gasteiger partial charge in [-0.15, -0.1) is 0 Å². The summed E-state index contributed by atoms with van der Waals surface area (Å²) in [4.78, 5) is 4.54. The van der Waals surface area contributed by atoms with E-state index in [9.17, 15) is 0 Å².